The maximum atomic E-state index is 3.34. The molecule has 1 heterocycles. The van der Waals surface area contributed by atoms with Crippen molar-refractivity contribution in [1.29, 1.82) is 0 Å². The fraction of sp³-hybridized carbons (Fsp3) is 0.556. The van der Waals surface area contributed by atoms with E-state index in [-0.39, 0.29) is 0 Å². The van der Waals surface area contributed by atoms with Crippen LogP contribution in [0.15, 0.2) is 24.5 Å². The number of nitrogens with zero attached hydrogens (tertiary/aromatic N) is 1. The lowest BCUT2D eigenvalue weighted by Gasteiger charge is -2.25. The summed E-state index contributed by atoms with van der Waals surface area (Å²) in [6.45, 7) is 1.13. The topological polar surface area (TPSA) is 17.0 Å². The molecule has 1 aliphatic carbocycles. The molecule has 60 valence electrons. The molecular weight excluding hydrogens is 136 g/mol. The number of nitrogens with one attached hydrogen (secondary N) is 1. The monoisotopic (exact) mass is 150 g/mol. The molecule has 2 nitrogen and oxygen atoms in total. The van der Waals surface area contributed by atoms with Gasteiger partial charge < -0.3 is 5.43 Å². The van der Waals surface area contributed by atoms with Gasteiger partial charge in [-0.2, -0.15) is 0 Å². The second kappa shape index (κ2) is 2.99. The lowest BCUT2D eigenvalue weighted by Crippen LogP contribution is -2.25. The highest BCUT2D eigenvalue weighted by atomic mass is 15.4. The SMILES string of the molecule is c1ccn(NCC2CCC2)c1. The fourth-order valence-corrected chi connectivity index (χ4v) is 1.37. The Morgan fingerprint density at radius 3 is 2.55 bits per heavy atom. The Hall–Kier alpha value is -0.920. The molecule has 0 bridgehead atoms. The van der Waals surface area contributed by atoms with Crippen molar-refractivity contribution in [2.75, 3.05) is 12.0 Å². The summed E-state index contributed by atoms with van der Waals surface area (Å²) in [7, 11) is 0. The van der Waals surface area contributed by atoms with Crippen molar-refractivity contribution in [3.63, 3.8) is 0 Å². The Labute approximate surface area is 67.2 Å². The minimum absolute atomic E-state index is 0.928. The number of aromatic nitrogens is 1. The molecule has 0 atom stereocenters. The quantitative estimate of drug-likeness (QED) is 0.695. The van der Waals surface area contributed by atoms with Gasteiger partial charge in [0.05, 0.1) is 0 Å². The average molecular weight is 150 g/mol. The third-order valence-corrected chi connectivity index (χ3v) is 2.39. The van der Waals surface area contributed by atoms with Crippen LogP contribution >= 0.6 is 0 Å². The van der Waals surface area contributed by atoms with Gasteiger partial charge in [0.25, 0.3) is 0 Å². The molecule has 0 aliphatic heterocycles. The molecule has 0 amide bonds. The molecule has 2 heteroatoms. The lowest BCUT2D eigenvalue weighted by molar-refractivity contribution is 0.326. The zero-order valence-electron chi connectivity index (χ0n) is 6.66. The van der Waals surface area contributed by atoms with Gasteiger partial charge in [-0.3, -0.25) is 4.68 Å². The number of hydrogen-bond acceptors (Lipinski definition) is 1. The van der Waals surface area contributed by atoms with Gasteiger partial charge in [-0.15, -0.1) is 0 Å². The van der Waals surface area contributed by atoms with E-state index in [2.05, 4.69) is 5.43 Å². The minimum atomic E-state index is 0.928. The molecule has 1 aromatic rings. The van der Waals surface area contributed by atoms with E-state index < -0.39 is 0 Å². The second-order valence-corrected chi connectivity index (χ2v) is 3.25. The maximum Gasteiger partial charge on any atom is 0.0342 e. The van der Waals surface area contributed by atoms with Crippen molar-refractivity contribution in [2.24, 2.45) is 5.92 Å². The van der Waals surface area contributed by atoms with Crippen LogP contribution in [0.2, 0.25) is 0 Å². The normalized spacial score (nSPS) is 17.8. The van der Waals surface area contributed by atoms with Crippen LogP contribution in [0.3, 0.4) is 0 Å². The largest absolute Gasteiger partial charge is 0.326 e. The van der Waals surface area contributed by atoms with Gasteiger partial charge in [0.15, 0.2) is 0 Å². The summed E-state index contributed by atoms with van der Waals surface area (Å²) in [4.78, 5) is 0. The highest BCUT2D eigenvalue weighted by Crippen LogP contribution is 2.25. The van der Waals surface area contributed by atoms with Gasteiger partial charge in [-0.1, -0.05) is 6.42 Å². The first kappa shape index (κ1) is 6.77. The van der Waals surface area contributed by atoms with Crippen molar-refractivity contribution in [1.82, 2.24) is 4.68 Å². The summed E-state index contributed by atoms with van der Waals surface area (Å²) >= 11 is 0. The molecule has 11 heavy (non-hydrogen) atoms. The first-order chi connectivity index (χ1) is 5.45. The van der Waals surface area contributed by atoms with E-state index in [1.807, 2.05) is 29.2 Å². The van der Waals surface area contributed by atoms with Crippen molar-refractivity contribution in [3.05, 3.63) is 24.5 Å². The molecule has 1 N–H and O–H groups in total. The Morgan fingerprint density at radius 2 is 2.00 bits per heavy atom. The number of rotatable bonds is 3. The van der Waals surface area contributed by atoms with Crippen LogP contribution < -0.4 is 5.43 Å². The maximum absolute atomic E-state index is 3.34. The molecule has 0 unspecified atom stereocenters. The molecule has 2 rings (SSSR count). The molecule has 1 aromatic heterocycles. The van der Waals surface area contributed by atoms with Gasteiger partial charge in [-0.05, 0) is 30.9 Å². The van der Waals surface area contributed by atoms with Crippen LogP contribution in [-0.4, -0.2) is 11.2 Å². The van der Waals surface area contributed by atoms with Crippen molar-refractivity contribution in [3.8, 4) is 0 Å². The third kappa shape index (κ3) is 1.56. The zero-order chi connectivity index (χ0) is 7.52. The second-order valence-electron chi connectivity index (χ2n) is 3.25. The van der Waals surface area contributed by atoms with Crippen LogP contribution in [-0.2, 0) is 0 Å². The van der Waals surface area contributed by atoms with Gasteiger partial charge in [0, 0.05) is 18.9 Å². The Balaban J connectivity index is 1.74. The predicted molar refractivity (Wildman–Crippen MR) is 46.0 cm³/mol. The van der Waals surface area contributed by atoms with E-state index in [1.165, 1.54) is 19.3 Å². The molecule has 0 saturated heterocycles. The van der Waals surface area contributed by atoms with E-state index in [4.69, 9.17) is 0 Å². The predicted octanol–water partition coefficient (Wildman–Crippen LogP) is 1.83. The minimum Gasteiger partial charge on any atom is -0.326 e. The van der Waals surface area contributed by atoms with Crippen LogP contribution in [0, 0.1) is 5.92 Å². The van der Waals surface area contributed by atoms with E-state index >= 15 is 0 Å². The van der Waals surface area contributed by atoms with Crippen LogP contribution in [0.1, 0.15) is 19.3 Å². The highest BCUT2D eigenvalue weighted by molar-refractivity contribution is 4.93. The van der Waals surface area contributed by atoms with Gasteiger partial charge in [0.2, 0.25) is 0 Å². The summed E-state index contributed by atoms with van der Waals surface area (Å²) in [6, 6.07) is 4.07. The summed E-state index contributed by atoms with van der Waals surface area (Å²) < 4.78 is 2.03. The van der Waals surface area contributed by atoms with E-state index in [0.29, 0.717) is 0 Å². The van der Waals surface area contributed by atoms with E-state index in [1.54, 1.807) is 0 Å². The summed E-state index contributed by atoms with van der Waals surface area (Å²) in [5.41, 5.74) is 3.34. The fourth-order valence-electron chi connectivity index (χ4n) is 1.37. The molecular formula is C9H14N2. The zero-order valence-corrected chi connectivity index (χ0v) is 6.66. The Kier molecular flexibility index (Phi) is 1.84. The number of hydrogen-bond donors (Lipinski definition) is 1. The third-order valence-electron chi connectivity index (χ3n) is 2.39. The molecule has 1 saturated carbocycles. The van der Waals surface area contributed by atoms with Crippen LogP contribution in [0.25, 0.3) is 0 Å². The molecule has 0 spiro atoms. The van der Waals surface area contributed by atoms with Crippen LogP contribution in [0.4, 0.5) is 0 Å². The first-order valence-electron chi connectivity index (χ1n) is 4.32. The van der Waals surface area contributed by atoms with Gasteiger partial charge in [-0.25, -0.2) is 0 Å². The standard InChI is InChI=1S/C9H14N2/c1-2-7-11(6-1)10-8-9-4-3-5-9/h1-2,6-7,9-10H,3-5,8H2. The van der Waals surface area contributed by atoms with E-state index in [9.17, 15) is 0 Å². The first-order valence-corrected chi connectivity index (χ1v) is 4.32. The van der Waals surface area contributed by atoms with Gasteiger partial charge >= 0.3 is 0 Å². The highest BCUT2D eigenvalue weighted by Gasteiger charge is 2.16. The van der Waals surface area contributed by atoms with Crippen molar-refractivity contribution < 1.29 is 0 Å². The summed E-state index contributed by atoms with van der Waals surface area (Å²) in [5, 5.41) is 0. The summed E-state index contributed by atoms with van der Waals surface area (Å²) in [6.07, 6.45) is 8.33. The Morgan fingerprint density at radius 1 is 1.27 bits per heavy atom. The molecule has 1 aliphatic rings. The smallest absolute Gasteiger partial charge is 0.0342 e. The summed E-state index contributed by atoms with van der Waals surface area (Å²) in [5.74, 6) is 0.928. The average Bonchev–Trinajstić information content (AvgIpc) is 2.36. The Bertz CT molecular complexity index is 199. The van der Waals surface area contributed by atoms with Crippen molar-refractivity contribution >= 4 is 0 Å². The molecule has 0 radical (unpaired) electrons. The molecule has 1 fully saturated rings. The molecule has 0 aromatic carbocycles. The lowest BCUT2D eigenvalue weighted by atomic mass is 9.86. The van der Waals surface area contributed by atoms with E-state index in [0.717, 1.165) is 12.5 Å². The van der Waals surface area contributed by atoms with Gasteiger partial charge in [0.1, 0.15) is 0 Å². The van der Waals surface area contributed by atoms with Crippen LogP contribution in [0.5, 0.6) is 0 Å². The van der Waals surface area contributed by atoms with Crippen molar-refractivity contribution in [2.45, 2.75) is 19.3 Å².